The fourth-order valence-corrected chi connectivity index (χ4v) is 2.30. The van der Waals surface area contributed by atoms with Crippen molar-refractivity contribution in [2.75, 3.05) is 13.3 Å². The Kier molecular flexibility index (Phi) is 5.26. The summed E-state index contributed by atoms with van der Waals surface area (Å²) in [7, 11) is -6.68. The third-order valence-electron chi connectivity index (χ3n) is 2.29. The van der Waals surface area contributed by atoms with Crippen LogP contribution in [0.1, 0.15) is 6.92 Å². The van der Waals surface area contributed by atoms with E-state index in [4.69, 9.17) is 5.11 Å². The van der Waals surface area contributed by atoms with Crippen molar-refractivity contribution in [3.8, 4) is 0 Å². The Morgan fingerprint density at radius 1 is 0.905 bits per heavy atom. The van der Waals surface area contributed by atoms with Gasteiger partial charge in [-0.25, -0.2) is 8.42 Å². The van der Waals surface area contributed by atoms with Crippen LogP contribution in [0.3, 0.4) is 0 Å². The number of aliphatic hydroxyl groups is 1. The third-order valence-corrected chi connectivity index (χ3v) is 4.25. The predicted octanol–water partition coefficient (Wildman–Crippen LogP) is 2.01. The molecule has 0 saturated carbocycles. The van der Waals surface area contributed by atoms with E-state index in [-0.39, 0.29) is 0 Å². The molecule has 0 aromatic carbocycles. The number of nitrogens with zero attached hydrogens (tertiary/aromatic N) is 1. The molecule has 1 N–H and O–H groups in total. The first-order valence-electron chi connectivity index (χ1n) is 4.83. The van der Waals surface area contributed by atoms with E-state index in [1.165, 1.54) is 0 Å². The molecule has 21 heavy (non-hydrogen) atoms. The van der Waals surface area contributed by atoms with Crippen LogP contribution in [0.2, 0.25) is 0 Å². The van der Waals surface area contributed by atoms with Crippen molar-refractivity contribution in [3.63, 3.8) is 0 Å². The second-order valence-electron chi connectivity index (χ2n) is 3.58. The zero-order chi connectivity index (χ0) is 17.5. The Balaban J connectivity index is 6.14. The van der Waals surface area contributed by atoms with E-state index in [1.807, 2.05) is 0 Å². The number of rotatable bonds is 6. The lowest BCUT2D eigenvalue weighted by molar-refractivity contribution is -0.382. The fourth-order valence-electron chi connectivity index (χ4n) is 1.03. The molecule has 0 heterocycles. The molecule has 0 aliphatic carbocycles. The maximum Gasteiger partial charge on any atom is 0.460 e. The molecule has 0 spiro atoms. The molecule has 0 atom stereocenters. The minimum atomic E-state index is -7.31. The minimum absolute atomic E-state index is 0.754. The second kappa shape index (κ2) is 5.46. The highest BCUT2D eigenvalue weighted by Gasteiger charge is 2.85. The maximum absolute atomic E-state index is 13.2. The van der Waals surface area contributed by atoms with Crippen LogP contribution in [0.4, 0.5) is 39.5 Å². The van der Waals surface area contributed by atoms with Crippen molar-refractivity contribution in [1.29, 1.82) is 0 Å². The van der Waals surface area contributed by atoms with Crippen LogP contribution < -0.4 is 0 Å². The number of hydrogen-bond donors (Lipinski definition) is 1. The summed E-state index contributed by atoms with van der Waals surface area (Å²) in [4.78, 5) is 0. The molecule has 0 aliphatic rings. The highest BCUT2D eigenvalue weighted by Crippen LogP contribution is 2.55. The van der Waals surface area contributed by atoms with E-state index in [0.717, 1.165) is 6.92 Å². The zero-order valence-corrected chi connectivity index (χ0v) is 10.8. The van der Waals surface area contributed by atoms with E-state index < -0.39 is 50.9 Å². The molecule has 4 nitrogen and oxygen atoms in total. The lowest BCUT2D eigenvalue weighted by Gasteiger charge is -2.34. The Morgan fingerprint density at radius 3 is 1.52 bits per heavy atom. The summed E-state index contributed by atoms with van der Waals surface area (Å²) in [5.41, 5.74) is 0. The Labute approximate surface area is 112 Å². The first kappa shape index (κ1) is 20.2. The van der Waals surface area contributed by atoms with Gasteiger partial charge >= 0.3 is 23.3 Å². The lowest BCUT2D eigenvalue weighted by atomic mass is 10.1. The van der Waals surface area contributed by atoms with Crippen LogP contribution in [-0.2, 0) is 10.0 Å². The van der Waals surface area contributed by atoms with Gasteiger partial charge in [-0.1, -0.05) is 6.92 Å². The van der Waals surface area contributed by atoms with Crippen molar-refractivity contribution >= 4 is 10.0 Å². The van der Waals surface area contributed by atoms with Crippen molar-refractivity contribution in [1.82, 2.24) is 4.31 Å². The van der Waals surface area contributed by atoms with Crippen LogP contribution in [0.25, 0.3) is 0 Å². The van der Waals surface area contributed by atoms with E-state index in [0.29, 0.717) is 0 Å². The normalized spacial score (nSPS) is 15.6. The largest absolute Gasteiger partial charge is 0.460 e. The van der Waals surface area contributed by atoms with Gasteiger partial charge in [0.05, 0.1) is 0 Å². The molecule has 0 aromatic heterocycles. The van der Waals surface area contributed by atoms with Gasteiger partial charge in [0, 0.05) is 6.54 Å². The van der Waals surface area contributed by atoms with Crippen LogP contribution in [-0.4, -0.2) is 54.4 Å². The summed E-state index contributed by atoms with van der Waals surface area (Å²) in [5, 5.41) is 1.60. The molecule has 0 unspecified atom stereocenters. The van der Waals surface area contributed by atoms with Crippen LogP contribution >= 0.6 is 0 Å². The van der Waals surface area contributed by atoms with Gasteiger partial charge in [-0.15, -0.1) is 0 Å². The van der Waals surface area contributed by atoms with Crippen molar-refractivity contribution in [2.24, 2.45) is 0 Å². The lowest BCUT2D eigenvalue weighted by Crippen LogP contribution is -2.65. The first-order valence-corrected chi connectivity index (χ1v) is 6.27. The zero-order valence-electron chi connectivity index (χ0n) is 9.94. The van der Waals surface area contributed by atoms with Gasteiger partial charge in [-0.05, 0) is 0 Å². The average Bonchev–Trinajstić information content (AvgIpc) is 2.27. The predicted molar refractivity (Wildman–Crippen MR) is 49.3 cm³/mol. The number of sulfonamides is 1. The molecule has 0 aliphatic heterocycles. The SMILES string of the molecule is CCN(CO)S(=O)(=O)C(F)(F)C(F)(F)C(F)(F)C(F)(F)F. The number of aliphatic hydroxyl groups excluding tert-OH is 1. The minimum Gasteiger partial charge on any atom is -0.380 e. The molecule has 0 radical (unpaired) electrons. The highest BCUT2D eigenvalue weighted by molar-refractivity contribution is 7.90. The van der Waals surface area contributed by atoms with Gasteiger partial charge in [0.25, 0.3) is 10.0 Å². The Hall–Kier alpha value is -0.760. The Morgan fingerprint density at radius 2 is 1.29 bits per heavy atom. The summed E-state index contributed by atoms with van der Waals surface area (Å²) < 4.78 is 134. The average molecular weight is 357 g/mol. The summed E-state index contributed by atoms with van der Waals surface area (Å²) in [6, 6.07) is 0. The quantitative estimate of drug-likeness (QED) is 0.585. The van der Waals surface area contributed by atoms with E-state index in [9.17, 15) is 47.9 Å². The monoisotopic (exact) mass is 357 g/mol. The van der Waals surface area contributed by atoms with Gasteiger partial charge in [0.2, 0.25) is 0 Å². The van der Waals surface area contributed by atoms with Crippen LogP contribution in [0.5, 0.6) is 0 Å². The van der Waals surface area contributed by atoms with Gasteiger partial charge in [-0.2, -0.15) is 43.8 Å². The van der Waals surface area contributed by atoms with E-state index in [1.54, 1.807) is 0 Å². The highest BCUT2D eigenvalue weighted by atomic mass is 32.2. The molecule has 0 amide bonds. The van der Waals surface area contributed by atoms with Gasteiger partial charge in [0.15, 0.2) is 0 Å². The molecule has 0 aromatic rings. The number of alkyl halides is 9. The standard InChI is InChI=1S/C7H8F9NO3S/c1-2-17(3-18)21(19,20)7(15,16)5(10,11)4(8,9)6(12,13)14/h18H,2-3H2,1H3. The molecule has 0 fully saturated rings. The molecule has 0 saturated heterocycles. The third kappa shape index (κ3) is 2.79. The summed E-state index contributed by atoms with van der Waals surface area (Å²) >= 11 is 0. The first-order chi connectivity index (χ1) is 9.02. The Bertz CT molecular complexity index is 468. The smallest absolute Gasteiger partial charge is 0.380 e. The van der Waals surface area contributed by atoms with Gasteiger partial charge in [0.1, 0.15) is 6.73 Å². The maximum atomic E-state index is 13.2. The van der Waals surface area contributed by atoms with Gasteiger partial charge in [-0.3, -0.25) is 0 Å². The summed E-state index contributed by atoms with van der Waals surface area (Å²) in [6.07, 6.45) is -7.12. The van der Waals surface area contributed by atoms with E-state index >= 15 is 0 Å². The second-order valence-corrected chi connectivity index (χ2v) is 5.56. The molecule has 128 valence electrons. The van der Waals surface area contributed by atoms with Crippen LogP contribution in [0.15, 0.2) is 0 Å². The number of halogens is 9. The van der Waals surface area contributed by atoms with Crippen LogP contribution in [0, 0.1) is 0 Å². The molecule has 0 bridgehead atoms. The van der Waals surface area contributed by atoms with Gasteiger partial charge < -0.3 is 5.11 Å². The molecular weight excluding hydrogens is 349 g/mol. The number of hydrogen-bond acceptors (Lipinski definition) is 3. The summed E-state index contributed by atoms with van der Waals surface area (Å²) in [6.45, 7) is -2.13. The molecular formula is C7H8F9NO3S. The topological polar surface area (TPSA) is 57.6 Å². The summed E-state index contributed by atoms with van der Waals surface area (Å²) in [5.74, 6) is -14.6. The van der Waals surface area contributed by atoms with Crippen molar-refractivity contribution in [3.05, 3.63) is 0 Å². The van der Waals surface area contributed by atoms with Crippen molar-refractivity contribution < 1.29 is 53.0 Å². The molecule has 14 heteroatoms. The fraction of sp³-hybridized carbons (Fsp3) is 1.00. The molecule has 0 rings (SSSR count). The van der Waals surface area contributed by atoms with Crippen molar-refractivity contribution in [2.45, 2.75) is 30.2 Å². The van der Waals surface area contributed by atoms with E-state index in [2.05, 4.69) is 0 Å².